The monoisotopic (exact) mass is 427 g/mol. The molecule has 3 rings (SSSR count). The van der Waals surface area contributed by atoms with Crippen LogP contribution in [0.3, 0.4) is 0 Å². The molecular formula is C24H27F2N3O2. The molecule has 2 aromatic rings. The van der Waals surface area contributed by atoms with Crippen LogP contribution in [-0.4, -0.2) is 35.8 Å². The molecule has 164 valence electrons. The van der Waals surface area contributed by atoms with E-state index >= 15 is 0 Å². The lowest BCUT2D eigenvalue weighted by Gasteiger charge is -2.36. The van der Waals surface area contributed by atoms with Gasteiger partial charge in [0.15, 0.2) is 0 Å². The van der Waals surface area contributed by atoms with Crippen LogP contribution in [0, 0.1) is 17.0 Å². The number of halogens is 2. The average molecular weight is 427 g/mol. The fourth-order valence-corrected chi connectivity index (χ4v) is 3.81. The molecule has 5 nitrogen and oxygen atoms in total. The normalized spacial score (nSPS) is 17.4. The Hall–Kier alpha value is -3.06. The summed E-state index contributed by atoms with van der Waals surface area (Å²) >= 11 is 0. The van der Waals surface area contributed by atoms with Gasteiger partial charge < -0.3 is 10.6 Å². The summed E-state index contributed by atoms with van der Waals surface area (Å²) in [6.07, 6.45) is 1.79. The van der Waals surface area contributed by atoms with Crippen LogP contribution in [0.5, 0.6) is 0 Å². The Kier molecular flexibility index (Phi) is 6.55. The SMILES string of the molecule is CC(C)(C)[C@H](NCC(N)=O)C(=O)N1CC(c2cc(F)ccc2F)=CC1c1ccccc1. The molecule has 31 heavy (non-hydrogen) atoms. The maximum Gasteiger partial charge on any atom is 0.241 e. The number of carbonyl (C=O) groups is 2. The van der Waals surface area contributed by atoms with Crippen molar-refractivity contribution in [2.45, 2.75) is 32.9 Å². The predicted octanol–water partition coefficient (Wildman–Crippen LogP) is 3.42. The molecule has 7 heteroatoms. The minimum absolute atomic E-state index is 0.115. The van der Waals surface area contributed by atoms with Crippen LogP contribution in [0.1, 0.15) is 37.9 Å². The summed E-state index contributed by atoms with van der Waals surface area (Å²) in [5.74, 6) is -1.91. The van der Waals surface area contributed by atoms with E-state index in [1.165, 1.54) is 0 Å². The number of nitrogens with two attached hydrogens (primary N) is 1. The Morgan fingerprint density at radius 2 is 1.84 bits per heavy atom. The highest BCUT2D eigenvalue weighted by molar-refractivity contribution is 5.88. The van der Waals surface area contributed by atoms with E-state index in [1.807, 2.05) is 51.1 Å². The van der Waals surface area contributed by atoms with Crippen LogP contribution in [0.4, 0.5) is 8.78 Å². The van der Waals surface area contributed by atoms with E-state index in [1.54, 1.807) is 11.0 Å². The third-order valence-electron chi connectivity index (χ3n) is 5.33. The fourth-order valence-electron chi connectivity index (χ4n) is 3.81. The van der Waals surface area contributed by atoms with Crippen molar-refractivity contribution in [1.29, 1.82) is 0 Å². The second kappa shape index (κ2) is 8.98. The van der Waals surface area contributed by atoms with E-state index in [-0.39, 0.29) is 24.6 Å². The molecule has 2 atom stereocenters. The van der Waals surface area contributed by atoms with Crippen molar-refractivity contribution < 1.29 is 18.4 Å². The Labute approximate surface area is 180 Å². The largest absolute Gasteiger partial charge is 0.369 e. The highest BCUT2D eigenvalue weighted by atomic mass is 19.1. The van der Waals surface area contributed by atoms with Gasteiger partial charge in [0.2, 0.25) is 11.8 Å². The lowest BCUT2D eigenvalue weighted by atomic mass is 9.85. The number of nitrogens with one attached hydrogen (secondary N) is 1. The zero-order valence-corrected chi connectivity index (χ0v) is 17.9. The number of primary amides is 1. The Morgan fingerprint density at radius 3 is 2.45 bits per heavy atom. The molecule has 1 unspecified atom stereocenters. The van der Waals surface area contributed by atoms with E-state index in [9.17, 15) is 18.4 Å². The summed E-state index contributed by atoms with van der Waals surface area (Å²) in [5, 5.41) is 2.96. The first-order chi connectivity index (χ1) is 14.6. The van der Waals surface area contributed by atoms with Gasteiger partial charge in [-0.2, -0.15) is 0 Å². The van der Waals surface area contributed by atoms with Gasteiger partial charge in [0.05, 0.1) is 18.6 Å². The Morgan fingerprint density at radius 1 is 1.16 bits per heavy atom. The van der Waals surface area contributed by atoms with E-state index < -0.39 is 35.0 Å². The highest BCUT2D eigenvalue weighted by Gasteiger charge is 2.39. The van der Waals surface area contributed by atoms with Crippen LogP contribution in [0.25, 0.3) is 5.57 Å². The molecule has 0 fully saturated rings. The molecule has 2 amide bonds. The second-order valence-electron chi connectivity index (χ2n) is 8.78. The summed E-state index contributed by atoms with van der Waals surface area (Å²) in [7, 11) is 0. The maximum absolute atomic E-state index is 14.5. The van der Waals surface area contributed by atoms with Gasteiger partial charge in [-0.05, 0) is 34.8 Å². The third-order valence-corrected chi connectivity index (χ3v) is 5.33. The molecule has 0 bridgehead atoms. The molecule has 2 aromatic carbocycles. The van der Waals surface area contributed by atoms with Gasteiger partial charge in [0, 0.05) is 12.1 Å². The van der Waals surface area contributed by atoms with Crippen LogP contribution in [-0.2, 0) is 9.59 Å². The van der Waals surface area contributed by atoms with Crippen molar-refractivity contribution >= 4 is 17.4 Å². The van der Waals surface area contributed by atoms with Gasteiger partial charge >= 0.3 is 0 Å². The lowest BCUT2D eigenvalue weighted by molar-refractivity contribution is -0.136. The van der Waals surface area contributed by atoms with Crippen LogP contribution < -0.4 is 11.1 Å². The van der Waals surface area contributed by atoms with Gasteiger partial charge in [0.1, 0.15) is 11.6 Å². The fraction of sp³-hybridized carbons (Fsp3) is 0.333. The molecule has 0 saturated heterocycles. The zero-order valence-electron chi connectivity index (χ0n) is 17.9. The third kappa shape index (κ3) is 5.17. The summed E-state index contributed by atoms with van der Waals surface area (Å²) in [4.78, 5) is 26.6. The quantitative estimate of drug-likeness (QED) is 0.742. The Bertz CT molecular complexity index is 1000. The minimum Gasteiger partial charge on any atom is -0.369 e. The number of benzene rings is 2. The molecule has 1 aliphatic heterocycles. The molecule has 1 heterocycles. The van der Waals surface area contributed by atoms with E-state index in [0.717, 1.165) is 23.8 Å². The smallest absolute Gasteiger partial charge is 0.241 e. The molecule has 1 aliphatic rings. The van der Waals surface area contributed by atoms with Crippen molar-refractivity contribution in [3.05, 3.63) is 77.4 Å². The first-order valence-electron chi connectivity index (χ1n) is 10.1. The summed E-state index contributed by atoms with van der Waals surface area (Å²) in [6, 6.07) is 11.5. The van der Waals surface area contributed by atoms with E-state index in [0.29, 0.717) is 5.57 Å². The zero-order chi connectivity index (χ0) is 22.8. The first-order valence-corrected chi connectivity index (χ1v) is 10.1. The van der Waals surface area contributed by atoms with Crippen LogP contribution in [0.15, 0.2) is 54.6 Å². The number of nitrogens with zero attached hydrogens (tertiary/aromatic N) is 1. The van der Waals surface area contributed by atoms with Crippen LogP contribution in [0.2, 0.25) is 0 Å². The van der Waals surface area contributed by atoms with Crippen molar-refractivity contribution in [3.8, 4) is 0 Å². The standard InChI is InChI=1S/C24H27F2N3O2/c1-24(2,3)22(28-13-21(27)30)23(31)29-14-16(18-12-17(25)9-10-19(18)26)11-20(29)15-7-5-4-6-8-15/h4-12,20,22,28H,13-14H2,1-3H3,(H2,27,30)/t20?,22-/m1/s1. The highest BCUT2D eigenvalue weighted by Crippen LogP contribution is 2.37. The summed E-state index contributed by atoms with van der Waals surface area (Å²) in [5.41, 5.74) is 6.27. The Balaban J connectivity index is 2.00. The van der Waals surface area contributed by atoms with Crippen molar-refractivity contribution in [2.24, 2.45) is 11.1 Å². The molecule has 0 aromatic heterocycles. The van der Waals surface area contributed by atoms with Crippen molar-refractivity contribution in [1.82, 2.24) is 10.2 Å². The van der Waals surface area contributed by atoms with Crippen molar-refractivity contribution in [2.75, 3.05) is 13.1 Å². The number of amides is 2. The molecule has 0 saturated carbocycles. The maximum atomic E-state index is 14.5. The molecule has 3 N–H and O–H groups in total. The van der Waals surface area contributed by atoms with Gasteiger partial charge in [0.25, 0.3) is 0 Å². The van der Waals surface area contributed by atoms with Gasteiger partial charge in [-0.3, -0.25) is 14.9 Å². The summed E-state index contributed by atoms with van der Waals surface area (Å²) < 4.78 is 28.3. The average Bonchev–Trinajstić information content (AvgIpc) is 3.14. The predicted molar refractivity (Wildman–Crippen MR) is 116 cm³/mol. The topological polar surface area (TPSA) is 75.4 Å². The number of rotatable bonds is 6. The van der Waals surface area contributed by atoms with Gasteiger partial charge in [-0.15, -0.1) is 0 Å². The first kappa shape index (κ1) is 22.6. The van der Waals surface area contributed by atoms with E-state index in [2.05, 4.69) is 5.32 Å². The van der Waals surface area contributed by atoms with Gasteiger partial charge in [-0.1, -0.05) is 57.2 Å². The number of hydrogen-bond acceptors (Lipinski definition) is 3. The van der Waals surface area contributed by atoms with E-state index in [4.69, 9.17) is 5.73 Å². The minimum atomic E-state index is -0.698. The molecule has 0 spiro atoms. The second-order valence-corrected chi connectivity index (χ2v) is 8.78. The molecule has 0 aliphatic carbocycles. The van der Waals surface area contributed by atoms with Gasteiger partial charge in [-0.25, -0.2) is 8.78 Å². The molecular weight excluding hydrogens is 400 g/mol. The summed E-state index contributed by atoms with van der Waals surface area (Å²) in [6.45, 7) is 5.63. The van der Waals surface area contributed by atoms with Crippen molar-refractivity contribution in [3.63, 3.8) is 0 Å². The van der Waals surface area contributed by atoms with Crippen LogP contribution >= 0.6 is 0 Å². The molecule has 0 radical (unpaired) electrons. The number of carbonyl (C=O) groups excluding carboxylic acids is 2. The number of hydrogen-bond donors (Lipinski definition) is 2. The lowest BCUT2D eigenvalue weighted by Crippen LogP contribution is -2.54.